The van der Waals surface area contributed by atoms with Gasteiger partial charge in [-0.1, -0.05) is 12.1 Å². The molecule has 8 heteroatoms. The summed E-state index contributed by atoms with van der Waals surface area (Å²) in [7, 11) is 1.22. The van der Waals surface area contributed by atoms with Crippen molar-refractivity contribution >= 4 is 40.9 Å². The number of H-pyrrole nitrogens is 1. The predicted molar refractivity (Wildman–Crippen MR) is 82.8 cm³/mol. The van der Waals surface area contributed by atoms with Crippen LogP contribution >= 0.6 is 11.8 Å². The number of amides is 3. The SMILES string of the molecule is COC(=O)N(C(=O)NCCSC)c1nc2ccccc2[nH]1. The van der Waals surface area contributed by atoms with E-state index >= 15 is 0 Å². The molecule has 2 N–H and O–H groups in total. The molecule has 3 amide bonds. The number of urea groups is 1. The second-order valence-electron chi connectivity index (χ2n) is 4.11. The number of anilines is 1. The van der Waals surface area contributed by atoms with Crippen LogP contribution in [0.5, 0.6) is 0 Å². The van der Waals surface area contributed by atoms with Crippen LogP contribution in [0.25, 0.3) is 11.0 Å². The van der Waals surface area contributed by atoms with Crippen molar-refractivity contribution in [2.24, 2.45) is 0 Å². The van der Waals surface area contributed by atoms with Crippen LogP contribution in [0, 0.1) is 0 Å². The van der Waals surface area contributed by atoms with Crippen molar-refractivity contribution in [2.45, 2.75) is 0 Å². The molecule has 0 atom stereocenters. The molecule has 0 spiro atoms. The van der Waals surface area contributed by atoms with Crippen LogP contribution in [0.2, 0.25) is 0 Å². The Morgan fingerprint density at radius 3 is 2.86 bits per heavy atom. The number of thioether (sulfide) groups is 1. The summed E-state index contributed by atoms with van der Waals surface area (Å²) in [6.07, 6.45) is 1.14. The summed E-state index contributed by atoms with van der Waals surface area (Å²) in [6, 6.07) is 6.69. The van der Waals surface area contributed by atoms with Gasteiger partial charge in [-0.3, -0.25) is 0 Å². The summed E-state index contributed by atoms with van der Waals surface area (Å²) in [5.41, 5.74) is 1.40. The maximum atomic E-state index is 12.1. The van der Waals surface area contributed by atoms with Gasteiger partial charge in [0.15, 0.2) is 0 Å². The number of carbonyl (C=O) groups is 2. The highest BCUT2D eigenvalue weighted by molar-refractivity contribution is 7.98. The zero-order valence-corrected chi connectivity index (χ0v) is 12.6. The van der Waals surface area contributed by atoms with Gasteiger partial charge in [0.1, 0.15) is 0 Å². The molecule has 21 heavy (non-hydrogen) atoms. The number of nitrogens with zero attached hydrogens (tertiary/aromatic N) is 2. The third-order valence-corrected chi connectivity index (χ3v) is 3.34. The van der Waals surface area contributed by atoms with E-state index in [1.165, 1.54) is 7.11 Å². The smallest absolute Gasteiger partial charge is 0.424 e. The van der Waals surface area contributed by atoms with E-state index in [0.29, 0.717) is 12.1 Å². The van der Waals surface area contributed by atoms with Crippen molar-refractivity contribution < 1.29 is 14.3 Å². The Labute approximate surface area is 126 Å². The third-order valence-electron chi connectivity index (χ3n) is 2.73. The number of imide groups is 1. The first kappa shape index (κ1) is 15.2. The fourth-order valence-electron chi connectivity index (χ4n) is 1.74. The molecule has 0 bridgehead atoms. The zero-order valence-electron chi connectivity index (χ0n) is 11.8. The average Bonchev–Trinajstić information content (AvgIpc) is 2.90. The van der Waals surface area contributed by atoms with E-state index in [0.717, 1.165) is 16.2 Å². The summed E-state index contributed by atoms with van der Waals surface area (Å²) in [6.45, 7) is 0.452. The van der Waals surface area contributed by atoms with Gasteiger partial charge in [0.2, 0.25) is 5.95 Å². The second-order valence-corrected chi connectivity index (χ2v) is 5.09. The minimum atomic E-state index is -0.796. The number of nitrogens with one attached hydrogen (secondary N) is 2. The van der Waals surface area contributed by atoms with Gasteiger partial charge in [-0.25, -0.2) is 14.6 Å². The van der Waals surface area contributed by atoms with Crippen molar-refractivity contribution in [2.75, 3.05) is 30.6 Å². The lowest BCUT2D eigenvalue weighted by molar-refractivity contribution is 0.177. The van der Waals surface area contributed by atoms with Crippen LogP contribution in [0.1, 0.15) is 0 Å². The number of aromatic amines is 1. The number of rotatable bonds is 4. The average molecular weight is 308 g/mol. The monoisotopic (exact) mass is 308 g/mol. The molecule has 0 aliphatic heterocycles. The molecular formula is C13H16N4O3S. The molecule has 1 aromatic carbocycles. The molecule has 0 saturated carbocycles. The van der Waals surface area contributed by atoms with Crippen molar-refractivity contribution in [3.8, 4) is 0 Å². The van der Waals surface area contributed by atoms with E-state index in [4.69, 9.17) is 0 Å². The highest BCUT2D eigenvalue weighted by atomic mass is 32.2. The number of para-hydroxylation sites is 2. The normalized spacial score (nSPS) is 10.4. The van der Waals surface area contributed by atoms with Crippen LogP contribution in [-0.4, -0.2) is 47.8 Å². The fraction of sp³-hybridized carbons (Fsp3) is 0.308. The van der Waals surface area contributed by atoms with E-state index in [1.54, 1.807) is 17.8 Å². The number of ether oxygens (including phenoxy) is 1. The molecular weight excluding hydrogens is 292 g/mol. The van der Waals surface area contributed by atoms with E-state index in [1.807, 2.05) is 24.5 Å². The molecule has 1 heterocycles. The number of fused-ring (bicyclic) bond motifs is 1. The van der Waals surface area contributed by atoms with Gasteiger partial charge >= 0.3 is 12.1 Å². The van der Waals surface area contributed by atoms with E-state index in [2.05, 4.69) is 20.0 Å². The lowest BCUT2D eigenvalue weighted by Gasteiger charge is -2.16. The molecule has 0 aliphatic carbocycles. The van der Waals surface area contributed by atoms with Crippen molar-refractivity contribution in [3.63, 3.8) is 0 Å². The Bertz CT molecular complexity index is 610. The van der Waals surface area contributed by atoms with E-state index < -0.39 is 12.1 Å². The van der Waals surface area contributed by atoms with Crippen LogP contribution in [0.4, 0.5) is 15.5 Å². The lowest BCUT2D eigenvalue weighted by Crippen LogP contribution is -2.45. The first-order valence-corrected chi connectivity index (χ1v) is 7.66. The Kier molecular flexibility index (Phi) is 5.04. The van der Waals surface area contributed by atoms with E-state index in [9.17, 15) is 9.59 Å². The van der Waals surface area contributed by atoms with Crippen molar-refractivity contribution in [1.82, 2.24) is 15.3 Å². The number of hydrogen-bond acceptors (Lipinski definition) is 5. The van der Waals surface area contributed by atoms with Gasteiger partial charge in [-0.2, -0.15) is 16.7 Å². The maximum Gasteiger partial charge on any atom is 0.424 e. The van der Waals surface area contributed by atoms with E-state index in [-0.39, 0.29) is 5.95 Å². The number of hydrogen-bond donors (Lipinski definition) is 2. The summed E-state index contributed by atoms with van der Waals surface area (Å²) in [5.74, 6) is 0.880. The summed E-state index contributed by atoms with van der Waals surface area (Å²) in [5, 5.41) is 2.65. The maximum absolute atomic E-state index is 12.1. The van der Waals surface area contributed by atoms with Crippen LogP contribution < -0.4 is 10.2 Å². The fourth-order valence-corrected chi connectivity index (χ4v) is 2.05. The Morgan fingerprint density at radius 2 is 2.19 bits per heavy atom. The Morgan fingerprint density at radius 1 is 1.43 bits per heavy atom. The van der Waals surface area contributed by atoms with Crippen molar-refractivity contribution in [1.29, 1.82) is 0 Å². The summed E-state index contributed by atoms with van der Waals surface area (Å²) >= 11 is 1.60. The largest absolute Gasteiger partial charge is 0.452 e. The minimum Gasteiger partial charge on any atom is -0.452 e. The number of benzene rings is 1. The predicted octanol–water partition coefficient (Wildman–Crippen LogP) is 2.21. The number of aromatic nitrogens is 2. The van der Waals surface area contributed by atoms with Crippen LogP contribution in [0.3, 0.4) is 0 Å². The summed E-state index contributed by atoms with van der Waals surface area (Å²) in [4.78, 5) is 32.0. The second kappa shape index (κ2) is 6.98. The number of carbonyl (C=O) groups excluding carboxylic acids is 2. The standard InChI is InChI=1S/C13H16N4O3S/c1-20-13(19)17(12(18)14-7-8-21-2)11-15-9-5-3-4-6-10(9)16-11/h3-6H,7-8H2,1-2H3,(H,14,18)(H,15,16). The Hall–Kier alpha value is -2.22. The molecule has 0 unspecified atom stereocenters. The van der Waals surface area contributed by atoms with Crippen LogP contribution in [-0.2, 0) is 4.74 Å². The minimum absolute atomic E-state index is 0.129. The number of methoxy groups -OCH3 is 1. The first-order chi connectivity index (χ1) is 10.2. The molecule has 7 nitrogen and oxygen atoms in total. The first-order valence-electron chi connectivity index (χ1n) is 6.27. The molecule has 0 radical (unpaired) electrons. The van der Waals surface area contributed by atoms with Gasteiger partial charge in [-0.15, -0.1) is 0 Å². The zero-order chi connectivity index (χ0) is 15.2. The highest BCUT2D eigenvalue weighted by Crippen LogP contribution is 2.17. The van der Waals surface area contributed by atoms with Crippen LogP contribution in [0.15, 0.2) is 24.3 Å². The molecule has 1 aromatic heterocycles. The van der Waals surface area contributed by atoms with Gasteiger partial charge < -0.3 is 15.0 Å². The molecule has 2 rings (SSSR count). The van der Waals surface area contributed by atoms with Crippen molar-refractivity contribution in [3.05, 3.63) is 24.3 Å². The molecule has 0 saturated heterocycles. The third kappa shape index (κ3) is 3.46. The van der Waals surface area contributed by atoms with Gasteiger partial charge in [-0.05, 0) is 18.4 Å². The lowest BCUT2D eigenvalue weighted by atomic mass is 10.3. The molecule has 0 fully saturated rings. The topological polar surface area (TPSA) is 87.3 Å². The summed E-state index contributed by atoms with van der Waals surface area (Å²) < 4.78 is 4.65. The van der Waals surface area contributed by atoms with Gasteiger partial charge in [0.05, 0.1) is 18.1 Å². The van der Waals surface area contributed by atoms with Gasteiger partial charge in [0.25, 0.3) is 0 Å². The quantitative estimate of drug-likeness (QED) is 0.846. The number of imidazole rings is 1. The Balaban J connectivity index is 2.26. The molecule has 112 valence electrons. The molecule has 0 aliphatic rings. The highest BCUT2D eigenvalue weighted by Gasteiger charge is 2.27. The molecule has 2 aromatic rings. The van der Waals surface area contributed by atoms with Gasteiger partial charge in [0, 0.05) is 12.3 Å².